The number of nitrogens with one attached hydrogen (secondary N) is 1. The molecule has 2 aromatic heterocycles. The number of nitrogens with zero attached hydrogens (tertiary/aromatic N) is 1. The average molecular weight is 302 g/mol. The number of hydrogen-bond acceptors (Lipinski definition) is 3. The third kappa shape index (κ3) is 2.15. The fourth-order valence-corrected chi connectivity index (χ4v) is 3.41. The lowest BCUT2D eigenvalue weighted by molar-refractivity contribution is 0.408. The molecule has 3 rings (SSSR count). The van der Waals surface area contributed by atoms with Crippen molar-refractivity contribution in [1.82, 2.24) is 4.98 Å². The lowest BCUT2D eigenvalue weighted by Crippen LogP contribution is -2.18. The molecule has 1 N–H and O–H groups in total. The Morgan fingerprint density at radius 1 is 1.15 bits per heavy atom. The predicted molar refractivity (Wildman–Crippen MR) is 67.7 cm³/mol. The van der Waals surface area contributed by atoms with Crippen molar-refractivity contribution in [3.63, 3.8) is 0 Å². The van der Waals surface area contributed by atoms with E-state index < -0.39 is 29.2 Å². The quantitative estimate of drug-likeness (QED) is 0.664. The van der Waals surface area contributed by atoms with Crippen molar-refractivity contribution in [3.8, 4) is 0 Å². The van der Waals surface area contributed by atoms with Gasteiger partial charge in [-0.15, -0.1) is 11.3 Å². The molecule has 7 heteroatoms. The molecule has 0 saturated carbocycles. The summed E-state index contributed by atoms with van der Waals surface area (Å²) in [6, 6.07) is 1.51. The van der Waals surface area contributed by atoms with E-state index in [0.29, 0.717) is 6.42 Å². The van der Waals surface area contributed by atoms with Crippen molar-refractivity contribution in [1.29, 1.82) is 0 Å². The Bertz CT molecular complexity index is 630. The highest BCUT2D eigenvalue weighted by molar-refractivity contribution is 7.10. The van der Waals surface area contributed by atoms with E-state index in [0.717, 1.165) is 23.3 Å². The summed E-state index contributed by atoms with van der Waals surface area (Å²) in [6.45, 7) is 0. The van der Waals surface area contributed by atoms with Gasteiger partial charge in [-0.2, -0.15) is 22.5 Å². The van der Waals surface area contributed by atoms with E-state index in [1.165, 1.54) is 0 Å². The number of hydrogen-bond donors (Lipinski definition) is 1. The first-order chi connectivity index (χ1) is 9.58. The maximum atomic E-state index is 13.6. The number of aromatic nitrogens is 1. The third-order valence-corrected chi connectivity index (χ3v) is 4.36. The average Bonchev–Trinajstić information content (AvgIpc) is 2.90. The molecule has 1 aliphatic carbocycles. The number of thiophene rings is 1. The highest BCUT2D eigenvalue weighted by atomic mass is 32.1. The molecule has 0 aromatic carbocycles. The van der Waals surface area contributed by atoms with E-state index in [1.54, 1.807) is 11.3 Å². The van der Waals surface area contributed by atoms with E-state index >= 15 is 0 Å². The van der Waals surface area contributed by atoms with Crippen LogP contribution >= 0.6 is 11.3 Å². The predicted octanol–water partition coefficient (Wildman–Crippen LogP) is 4.19. The summed E-state index contributed by atoms with van der Waals surface area (Å²) in [5.41, 5.74) is 0.136. The normalized spacial score (nSPS) is 17.9. The molecule has 0 spiro atoms. The van der Waals surface area contributed by atoms with Crippen LogP contribution < -0.4 is 5.32 Å². The van der Waals surface area contributed by atoms with E-state index in [9.17, 15) is 17.6 Å². The van der Waals surface area contributed by atoms with Crippen molar-refractivity contribution in [2.45, 2.75) is 25.3 Å². The minimum absolute atomic E-state index is 0.352. The number of aryl methyl sites for hydroxylation is 1. The third-order valence-electron chi connectivity index (χ3n) is 3.37. The van der Waals surface area contributed by atoms with Gasteiger partial charge in [0.1, 0.15) is 5.69 Å². The first-order valence-corrected chi connectivity index (χ1v) is 6.98. The molecule has 0 fully saturated rings. The molecule has 1 aliphatic rings. The van der Waals surface area contributed by atoms with Gasteiger partial charge in [0.2, 0.25) is 11.6 Å². The minimum Gasteiger partial charge on any atom is -0.373 e. The van der Waals surface area contributed by atoms with Gasteiger partial charge in [-0.25, -0.2) is 0 Å². The zero-order chi connectivity index (χ0) is 14.3. The van der Waals surface area contributed by atoms with Crippen LogP contribution in [0, 0.1) is 23.5 Å². The summed E-state index contributed by atoms with van der Waals surface area (Å²) in [5, 5.41) is 4.47. The molecule has 106 valence electrons. The Balaban J connectivity index is 1.98. The minimum atomic E-state index is -1.65. The van der Waals surface area contributed by atoms with Crippen molar-refractivity contribution < 1.29 is 17.6 Å². The Kier molecular flexibility index (Phi) is 3.37. The van der Waals surface area contributed by atoms with E-state index in [1.807, 2.05) is 11.4 Å². The van der Waals surface area contributed by atoms with Gasteiger partial charge in [0, 0.05) is 4.88 Å². The number of halogens is 4. The molecule has 2 aromatic rings. The van der Waals surface area contributed by atoms with Crippen LogP contribution in [0.2, 0.25) is 0 Å². The maximum absolute atomic E-state index is 13.6. The number of fused-ring (bicyclic) bond motifs is 1. The van der Waals surface area contributed by atoms with Gasteiger partial charge in [-0.1, -0.05) is 0 Å². The summed E-state index contributed by atoms with van der Waals surface area (Å²) in [6.07, 6.45) is 2.41. The summed E-state index contributed by atoms with van der Waals surface area (Å²) in [4.78, 5) is 3.67. The van der Waals surface area contributed by atoms with Gasteiger partial charge >= 0.3 is 0 Å². The van der Waals surface area contributed by atoms with Crippen LogP contribution in [0.15, 0.2) is 11.4 Å². The van der Waals surface area contributed by atoms with Crippen LogP contribution in [-0.4, -0.2) is 4.98 Å². The van der Waals surface area contributed by atoms with Gasteiger partial charge in [0.05, 0.1) is 6.04 Å². The van der Waals surface area contributed by atoms with Crippen molar-refractivity contribution >= 4 is 17.0 Å². The van der Waals surface area contributed by atoms with Gasteiger partial charge in [0.25, 0.3) is 11.9 Å². The second-order valence-corrected chi connectivity index (χ2v) is 5.59. The molecule has 2 heterocycles. The molecule has 0 saturated heterocycles. The van der Waals surface area contributed by atoms with E-state index in [2.05, 4.69) is 10.3 Å². The first-order valence-electron chi connectivity index (χ1n) is 6.10. The SMILES string of the molecule is Fc1nc(F)c(F)c(NC2CCCc3sccc32)c1F. The fraction of sp³-hybridized carbons (Fsp3) is 0.308. The highest BCUT2D eigenvalue weighted by Gasteiger charge is 2.26. The smallest absolute Gasteiger partial charge is 0.253 e. The Morgan fingerprint density at radius 2 is 1.85 bits per heavy atom. The van der Waals surface area contributed by atoms with Crippen molar-refractivity contribution in [2.24, 2.45) is 0 Å². The van der Waals surface area contributed by atoms with Crippen LogP contribution in [0.3, 0.4) is 0 Å². The summed E-state index contributed by atoms with van der Waals surface area (Å²) in [5.74, 6) is -6.28. The molecule has 0 bridgehead atoms. The van der Waals surface area contributed by atoms with E-state index in [-0.39, 0.29) is 6.04 Å². The van der Waals surface area contributed by atoms with Crippen LogP contribution in [0.25, 0.3) is 0 Å². The summed E-state index contributed by atoms with van der Waals surface area (Å²) >= 11 is 1.57. The Labute approximate surface area is 116 Å². The molecule has 2 nitrogen and oxygen atoms in total. The van der Waals surface area contributed by atoms with Crippen LogP contribution in [0.1, 0.15) is 29.3 Å². The molecule has 20 heavy (non-hydrogen) atoms. The zero-order valence-electron chi connectivity index (χ0n) is 10.2. The molecule has 1 unspecified atom stereocenters. The second kappa shape index (κ2) is 5.05. The lowest BCUT2D eigenvalue weighted by Gasteiger charge is -2.25. The zero-order valence-corrected chi connectivity index (χ0v) is 11.0. The van der Waals surface area contributed by atoms with Gasteiger partial charge in [0.15, 0.2) is 0 Å². The molecular weight excluding hydrogens is 292 g/mol. The van der Waals surface area contributed by atoms with Crippen molar-refractivity contribution in [3.05, 3.63) is 45.4 Å². The first kappa shape index (κ1) is 13.4. The molecule has 0 amide bonds. The number of pyridine rings is 1. The number of rotatable bonds is 2. The second-order valence-electron chi connectivity index (χ2n) is 4.58. The van der Waals surface area contributed by atoms with Crippen molar-refractivity contribution in [2.75, 3.05) is 5.32 Å². The fourth-order valence-electron chi connectivity index (χ4n) is 2.42. The topological polar surface area (TPSA) is 24.9 Å². The summed E-state index contributed by atoms with van der Waals surface area (Å²) in [7, 11) is 0. The summed E-state index contributed by atoms with van der Waals surface area (Å²) < 4.78 is 53.3. The highest BCUT2D eigenvalue weighted by Crippen LogP contribution is 2.36. The molecule has 0 radical (unpaired) electrons. The van der Waals surface area contributed by atoms with Crippen LogP contribution in [0.5, 0.6) is 0 Å². The van der Waals surface area contributed by atoms with Crippen LogP contribution in [-0.2, 0) is 6.42 Å². The maximum Gasteiger partial charge on any atom is 0.253 e. The van der Waals surface area contributed by atoms with Crippen LogP contribution in [0.4, 0.5) is 23.2 Å². The Morgan fingerprint density at radius 3 is 2.55 bits per heavy atom. The lowest BCUT2D eigenvalue weighted by atomic mass is 9.94. The molecule has 1 atom stereocenters. The number of anilines is 1. The molecular formula is C13H10F4N2S. The standard InChI is InChI=1S/C13H10F4N2S/c14-9-11(10(15)13(17)19-12(9)16)18-7-2-1-3-8-6(7)4-5-20-8/h4-5,7H,1-3H2,(H,18,19). The monoisotopic (exact) mass is 302 g/mol. The van der Waals surface area contributed by atoms with Gasteiger partial charge < -0.3 is 5.32 Å². The van der Waals surface area contributed by atoms with Gasteiger partial charge in [-0.3, -0.25) is 0 Å². The molecule has 0 aliphatic heterocycles. The van der Waals surface area contributed by atoms with Gasteiger partial charge in [-0.05, 0) is 36.3 Å². The largest absolute Gasteiger partial charge is 0.373 e. The Hall–Kier alpha value is -1.63. The van der Waals surface area contributed by atoms with E-state index in [4.69, 9.17) is 0 Å².